The summed E-state index contributed by atoms with van der Waals surface area (Å²) in [5.74, 6) is 0. The first-order valence-corrected chi connectivity index (χ1v) is 3.78. The van der Waals surface area contributed by atoms with Gasteiger partial charge in [0, 0.05) is 0 Å². The van der Waals surface area contributed by atoms with Crippen LogP contribution in [0.5, 0.6) is 0 Å². The van der Waals surface area contributed by atoms with Crippen molar-refractivity contribution in [1.82, 2.24) is 0 Å². The monoisotopic (exact) mass is 168 g/mol. The van der Waals surface area contributed by atoms with Crippen LogP contribution in [0.15, 0.2) is 0 Å². The van der Waals surface area contributed by atoms with Crippen molar-refractivity contribution < 1.29 is 17.9 Å². The lowest BCUT2D eigenvalue weighted by Gasteiger charge is -1.99. The number of unbranched alkanes of at least 4 members (excludes halogenated alkanes) is 1. The normalized spacial score (nSPS) is 30.5. The van der Waals surface area contributed by atoms with Gasteiger partial charge in [0.1, 0.15) is 0 Å². The Morgan fingerprint density at radius 1 is 1.36 bits per heavy atom. The number of hydrogen-bond donors (Lipinski definition) is 0. The topological polar surface area (TPSA) is 12.5 Å². The molecule has 66 valence electrons. The molecule has 1 nitrogen and oxygen atoms in total. The van der Waals surface area contributed by atoms with Crippen LogP contribution in [-0.4, -0.2) is 18.4 Å². The summed E-state index contributed by atoms with van der Waals surface area (Å²) in [6.07, 6.45) is -3.87. The molecular formula is C7H11F3O. The van der Waals surface area contributed by atoms with Gasteiger partial charge in [-0.1, -0.05) is 19.8 Å². The zero-order valence-electron chi connectivity index (χ0n) is 6.32. The van der Waals surface area contributed by atoms with Crippen molar-refractivity contribution >= 4 is 0 Å². The van der Waals surface area contributed by atoms with Gasteiger partial charge in [0.15, 0.2) is 6.10 Å². The van der Waals surface area contributed by atoms with Gasteiger partial charge < -0.3 is 4.74 Å². The Balaban J connectivity index is 2.16. The van der Waals surface area contributed by atoms with E-state index in [9.17, 15) is 13.2 Å². The van der Waals surface area contributed by atoms with Crippen molar-refractivity contribution in [1.29, 1.82) is 0 Å². The van der Waals surface area contributed by atoms with Crippen molar-refractivity contribution in [2.45, 2.75) is 44.6 Å². The second-order valence-electron chi connectivity index (χ2n) is 2.78. The van der Waals surface area contributed by atoms with E-state index in [0.717, 1.165) is 12.8 Å². The van der Waals surface area contributed by atoms with E-state index in [4.69, 9.17) is 0 Å². The smallest absolute Gasteiger partial charge is 0.360 e. The molecule has 1 heterocycles. The predicted molar refractivity (Wildman–Crippen MR) is 34.2 cm³/mol. The van der Waals surface area contributed by atoms with E-state index in [1.54, 1.807) is 0 Å². The number of rotatable bonds is 3. The molecule has 0 aromatic rings. The summed E-state index contributed by atoms with van der Waals surface area (Å²) in [6.45, 7) is 1.95. The molecule has 0 N–H and O–H groups in total. The standard InChI is InChI=1S/C7H11F3O/c1-2-3-4-5-6(11-5)7(8,9)10/h5-6H,2-4H2,1H3. The van der Waals surface area contributed by atoms with Crippen LogP contribution >= 0.6 is 0 Å². The van der Waals surface area contributed by atoms with Crippen molar-refractivity contribution in [3.05, 3.63) is 0 Å². The predicted octanol–water partition coefficient (Wildman–Crippen LogP) is 2.51. The van der Waals surface area contributed by atoms with Crippen LogP contribution in [0.3, 0.4) is 0 Å². The summed E-state index contributed by atoms with van der Waals surface area (Å²) in [4.78, 5) is 0. The molecule has 0 bridgehead atoms. The lowest BCUT2D eigenvalue weighted by atomic mass is 10.1. The fourth-order valence-corrected chi connectivity index (χ4v) is 1.06. The van der Waals surface area contributed by atoms with Crippen LogP contribution in [0.2, 0.25) is 0 Å². The molecule has 0 radical (unpaired) electrons. The first kappa shape index (κ1) is 8.84. The van der Waals surface area contributed by atoms with Crippen molar-refractivity contribution in [3.63, 3.8) is 0 Å². The molecule has 0 aromatic carbocycles. The molecule has 1 aliphatic rings. The Hall–Kier alpha value is -0.250. The highest BCUT2D eigenvalue weighted by molar-refractivity contribution is 4.90. The third-order valence-corrected chi connectivity index (χ3v) is 1.75. The van der Waals surface area contributed by atoms with E-state index in [0.29, 0.717) is 6.42 Å². The first-order valence-electron chi connectivity index (χ1n) is 3.78. The van der Waals surface area contributed by atoms with Crippen LogP contribution < -0.4 is 0 Å². The van der Waals surface area contributed by atoms with Gasteiger partial charge in [-0.3, -0.25) is 0 Å². The van der Waals surface area contributed by atoms with Gasteiger partial charge >= 0.3 is 6.18 Å². The molecule has 2 atom stereocenters. The Bertz CT molecular complexity index is 132. The van der Waals surface area contributed by atoms with Crippen LogP contribution in [0.1, 0.15) is 26.2 Å². The molecule has 1 rings (SSSR count). The SMILES string of the molecule is CCCCC1OC1C(F)(F)F. The summed E-state index contributed by atoms with van der Waals surface area (Å²) in [6, 6.07) is 0. The number of halogens is 3. The summed E-state index contributed by atoms with van der Waals surface area (Å²) < 4.78 is 39.8. The molecule has 1 saturated heterocycles. The maximum Gasteiger partial charge on any atom is 0.417 e. The van der Waals surface area contributed by atoms with Gasteiger partial charge in [0.25, 0.3) is 0 Å². The van der Waals surface area contributed by atoms with Crippen molar-refractivity contribution in [2.75, 3.05) is 0 Å². The minimum atomic E-state index is -4.14. The molecule has 11 heavy (non-hydrogen) atoms. The molecule has 0 spiro atoms. The first-order chi connectivity index (χ1) is 5.05. The van der Waals surface area contributed by atoms with Gasteiger partial charge in [0.2, 0.25) is 0 Å². The fraction of sp³-hybridized carbons (Fsp3) is 1.00. The van der Waals surface area contributed by atoms with Crippen LogP contribution in [-0.2, 0) is 4.74 Å². The molecule has 2 unspecified atom stereocenters. The molecule has 1 aliphatic heterocycles. The maximum absolute atomic E-state index is 11.8. The molecule has 0 amide bonds. The number of hydrogen-bond acceptors (Lipinski definition) is 1. The van der Waals surface area contributed by atoms with E-state index in [1.165, 1.54) is 0 Å². The van der Waals surface area contributed by atoms with E-state index >= 15 is 0 Å². The zero-order chi connectivity index (χ0) is 8.48. The zero-order valence-corrected chi connectivity index (χ0v) is 6.32. The summed E-state index contributed by atoms with van der Waals surface area (Å²) in [5, 5.41) is 0. The quantitative estimate of drug-likeness (QED) is 0.590. The minimum absolute atomic E-state index is 0.542. The Morgan fingerprint density at radius 3 is 2.36 bits per heavy atom. The molecule has 4 heteroatoms. The lowest BCUT2D eigenvalue weighted by molar-refractivity contribution is -0.146. The third-order valence-electron chi connectivity index (χ3n) is 1.75. The van der Waals surface area contributed by atoms with Crippen molar-refractivity contribution in [2.24, 2.45) is 0 Å². The van der Waals surface area contributed by atoms with Gasteiger partial charge in [-0.2, -0.15) is 13.2 Å². The van der Waals surface area contributed by atoms with Crippen molar-refractivity contribution in [3.8, 4) is 0 Å². The van der Waals surface area contributed by atoms with E-state index in [1.807, 2.05) is 6.92 Å². The molecule has 0 saturated carbocycles. The highest BCUT2D eigenvalue weighted by Crippen LogP contribution is 2.39. The van der Waals surface area contributed by atoms with E-state index in [-0.39, 0.29) is 0 Å². The van der Waals surface area contributed by atoms with Crippen LogP contribution in [0, 0.1) is 0 Å². The Kier molecular flexibility index (Phi) is 2.42. The number of epoxide rings is 1. The average molecular weight is 168 g/mol. The van der Waals surface area contributed by atoms with Crippen LogP contribution in [0.4, 0.5) is 13.2 Å². The molecule has 1 fully saturated rings. The molecule has 0 aliphatic carbocycles. The second kappa shape index (κ2) is 3.01. The minimum Gasteiger partial charge on any atom is -0.360 e. The van der Waals surface area contributed by atoms with E-state index < -0.39 is 18.4 Å². The molecular weight excluding hydrogens is 157 g/mol. The van der Waals surface area contributed by atoms with Gasteiger partial charge in [-0.25, -0.2) is 0 Å². The summed E-state index contributed by atoms with van der Waals surface area (Å²) >= 11 is 0. The number of alkyl halides is 3. The fourth-order valence-electron chi connectivity index (χ4n) is 1.06. The Labute approximate surface area is 63.5 Å². The summed E-state index contributed by atoms with van der Waals surface area (Å²) in [5.41, 5.74) is 0. The number of ether oxygens (including phenoxy) is 1. The highest BCUT2D eigenvalue weighted by atomic mass is 19.4. The van der Waals surface area contributed by atoms with E-state index in [2.05, 4.69) is 4.74 Å². The maximum atomic E-state index is 11.8. The second-order valence-corrected chi connectivity index (χ2v) is 2.78. The van der Waals surface area contributed by atoms with Gasteiger partial charge in [0.05, 0.1) is 6.10 Å². The van der Waals surface area contributed by atoms with Gasteiger partial charge in [-0.15, -0.1) is 0 Å². The average Bonchev–Trinajstić information content (AvgIpc) is 2.60. The summed E-state index contributed by atoms with van der Waals surface area (Å²) in [7, 11) is 0. The Morgan fingerprint density at radius 2 is 2.00 bits per heavy atom. The highest BCUT2D eigenvalue weighted by Gasteiger charge is 2.57. The largest absolute Gasteiger partial charge is 0.417 e. The lowest BCUT2D eigenvalue weighted by Crippen LogP contribution is -2.18. The third kappa shape index (κ3) is 2.36. The van der Waals surface area contributed by atoms with Gasteiger partial charge in [-0.05, 0) is 6.42 Å². The van der Waals surface area contributed by atoms with Crippen LogP contribution in [0.25, 0.3) is 0 Å². The molecule has 0 aromatic heterocycles.